The zero-order valence-corrected chi connectivity index (χ0v) is 20.1. The number of nitrogens with zero attached hydrogens (tertiary/aromatic N) is 2. The van der Waals surface area contributed by atoms with Gasteiger partial charge in [-0.05, 0) is 44.7 Å². The van der Waals surface area contributed by atoms with Crippen LogP contribution < -0.4 is 15.4 Å². The van der Waals surface area contributed by atoms with Crippen molar-refractivity contribution in [1.82, 2.24) is 15.6 Å². The lowest BCUT2D eigenvalue weighted by atomic mass is 10.1. The molecule has 0 aliphatic carbocycles. The summed E-state index contributed by atoms with van der Waals surface area (Å²) in [5.74, 6) is 3.75. The fraction of sp³-hybridized carbons (Fsp3) is 0.524. The van der Waals surface area contributed by atoms with Crippen LogP contribution in [0, 0.1) is 26.7 Å². The average molecular weight is 500 g/mol. The summed E-state index contributed by atoms with van der Waals surface area (Å²) in [6.45, 7) is 12.2. The van der Waals surface area contributed by atoms with E-state index in [1.165, 1.54) is 5.56 Å². The molecule has 1 heterocycles. The van der Waals surface area contributed by atoms with Crippen LogP contribution in [-0.4, -0.2) is 24.6 Å². The Morgan fingerprint density at radius 3 is 2.50 bits per heavy atom. The van der Waals surface area contributed by atoms with Crippen molar-refractivity contribution in [2.45, 2.75) is 54.1 Å². The maximum Gasteiger partial charge on any atom is 0.214 e. The molecule has 6 nitrogen and oxygen atoms in total. The lowest BCUT2D eigenvalue weighted by Gasteiger charge is -2.15. The summed E-state index contributed by atoms with van der Waals surface area (Å²) in [4.78, 5) is 8.64. The maximum atomic E-state index is 6.01. The standard InChI is InChI=1S/C21H32N4O2.HI/c1-14(2)9-10-26-19-11-15(3)7-8-18(19)12-23-21(22-6)24-13-20-25-16(4)17(5)27-20;/h7-8,11,14H,9-10,12-13H2,1-6H3,(H2,22,23,24);1H. The van der Waals surface area contributed by atoms with Gasteiger partial charge in [-0.3, -0.25) is 4.99 Å². The number of rotatable bonds is 8. The number of hydrogen-bond acceptors (Lipinski definition) is 4. The third kappa shape index (κ3) is 7.69. The van der Waals surface area contributed by atoms with Crippen molar-refractivity contribution in [2.75, 3.05) is 13.7 Å². The molecule has 2 N–H and O–H groups in total. The van der Waals surface area contributed by atoms with Gasteiger partial charge in [-0.2, -0.15) is 0 Å². The van der Waals surface area contributed by atoms with Gasteiger partial charge in [-0.15, -0.1) is 24.0 Å². The highest BCUT2D eigenvalue weighted by Crippen LogP contribution is 2.21. The summed E-state index contributed by atoms with van der Waals surface area (Å²) in [6.07, 6.45) is 1.04. The van der Waals surface area contributed by atoms with Crippen LogP contribution in [0.25, 0.3) is 0 Å². The van der Waals surface area contributed by atoms with Gasteiger partial charge in [0.05, 0.1) is 18.8 Å². The summed E-state index contributed by atoms with van der Waals surface area (Å²) in [5, 5.41) is 6.55. The molecule has 156 valence electrons. The molecule has 7 heteroatoms. The van der Waals surface area contributed by atoms with Gasteiger partial charge in [0.2, 0.25) is 5.89 Å². The molecule has 0 spiro atoms. The van der Waals surface area contributed by atoms with Gasteiger partial charge < -0.3 is 19.8 Å². The van der Waals surface area contributed by atoms with Crippen LogP contribution in [-0.2, 0) is 13.1 Å². The lowest BCUT2D eigenvalue weighted by molar-refractivity contribution is 0.286. The van der Waals surface area contributed by atoms with Gasteiger partial charge in [0.25, 0.3) is 0 Å². The molecule has 0 aliphatic rings. The number of guanidine groups is 1. The number of aromatic nitrogens is 1. The summed E-state index contributed by atoms with van der Waals surface area (Å²) < 4.78 is 11.6. The molecule has 2 rings (SSSR count). The van der Waals surface area contributed by atoms with Crippen molar-refractivity contribution < 1.29 is 9.15 Å². The SMILES string of the molecule is CN=C(NCc1nc(C)c(C)o1)NCc1ccc(C)cc1OCCC(C)C.I. The van der Waals surface area contributed by atoms with Crippen LogP contribution in [0.5, 0.6) is 5.75 Å². The van der Waals surface area contributed by atoms with Crippen LogP contribution in [0.2, 0.25) is 0 Å². The van der Waals surface area contributed by atoms with Gasteiger partial charge in [-0.1, -0.05) is 26.0 Å². The summed E-state index contributed by atoms with van der Waals surface area (Å²) >= 11 is 0. The first-order chi connectivity index (χ1) is 12.9. The van der Waals surface area contributed by atoms with Crippen molar-refractivity contribution >= 4 is 29.9 Å². The molecule has 0 radical (unpaired) electrons. The first-order valence-corrected chi connectivity index (χ1v) is 9.48. The minimum absolute atomic E-state index is 0. The molecular weight excluding hydrogens is 467 g/mol. The Morgan fingerprint density at radius 2 is 1.89 bits per heavy atom. The van der Waals surface area contributed by atoms with Crippen LogP contribution in [0.15, 0.2) is 27.6 Å². The Labute approximate surface area is 185 Å². The molecule has 0 amide bonds. The highest BCUT2D eigenvalue weighted by Gasteiger charge is 2.09. The molecule has 28 heavy (non-hydrogen) atoms. The summed E-state index contributed by atoms with van der Waals surface area (Å²) in [5.41, 5.74) is 3.21. The number of nitrogens with one attached hydrogen (secondary N) is 2. The van der Waals surface area contributed by atoms with Gasteiger partial charge in [0, 0.05) is 19.2 Å². The van der Waals surface area contributed by atoms with Crippen LogP contribution in [0.1, 0.15) is 48.7 Å². The van der Waals surface area contributed by atoms with E-state index >= 15 is 0 Å². The molecule has 0 bridgehead atoms. The molecule has 0 atom stereocenters. The number of ether oxygens (including phenoxy) is 1. The van der Waals surface area contributed by atoms with E-state index in [1.807, 2.05) is 13.8 Å². The number of halogens is 1. The number of hydrogen-bond donors (Lipinski definition) is 2. The Morgan fingerprint density at radius 1 is 1.18 bits per heavy atom. The minimum atomic E-state index is 0. The van der Waals surface area contributed by atoms with Crippen LogP contribution in [0.4, 0.5) is 0 Å². The molecule has 0 unspecified atom stereocenters. The Hall–Kier alpha value is -1.77. The normalized spacial score (nSPS) is 11.3. The quantitative estimate of drug-likeness (QED) is 0.317. The number of aliphatic imine (C=N–C) groups is 1. The van der Waals surface area contributed by atoms with E-state index in [9.17, 15) is 0 Å². The maximum absolute atomic E-state index is 6.01. The van der Waals surface area contributed by atoms with Crippen molar-refractivity contribution in [3.63, 3.8) is 0 Å². The van der Waals surface area contributed by atoms with Gasteiger partial charge in [-0.25, -0.2) is 4.98 Å². The molecule has 1 aromatic carbocycles. The highest BCUT2D eigenvalue weighted by atomic mass is 127. The van der Waals surface area contributed by atoms with Crippen molar-refractivity contribution in [3.8, 4) is 5.75 Å². The largest absolute Gasteiger partial charge is 0.493 e. The topological polar surface area (TPSA) is 71.7 Å². The third-order valence-corrected chi connectivity index (χ3v) is 4.33. The highest BCUT2D eigenvalue weighted by molar-refractivity contribution is 14.0. The minimum Gasteiger partial charge on any atom is -0.493 e. The van der Waals surface area contributed by atoms with E-state index < -0.39 is 0 Å². The Kier molecular flexibility index (Phi) is 10.3. The number of oxazole rings is 1. The molecule has 1 aromatic heterocycles. The summed E-state index contributed by atoms with van der Waals surface area (Å²) in [7, 11) is 1.75. The number of benzene rings is 1. The van der Waals surface area contributed by atoms with Crippen LogP contribution in [0.3, 0.4) is 0 Å². The molecule has 0 saturated carbocycles. The van der Waals surface area contributed by atoms with E-state index in [0.717, 1.165) is 35.8 Å². The first-order valence-electron chi connectivity index (χ1n) is 9.48. The molecule has 0 saturated heterocycles. The second-order valence-corrected chi connectivity index (χ2v) is 7.17. The molecule has 0 aliphatic heterocycles. The molecule has 2 aromatic rings. The lowest BCUT2D eigenvalue weighted by Crippen LogP contribution is -2.36. The molecule has 0 fully saturated rings. The molecular formula is C21H33IN4O2. The zero-order chi connectivity index (χ0) is 19.8. The first kappa shape index (κ1) is 24.3. The van der Waals surface area contributed by atoms with Crippen molar-refractivity contribution in [3.05, 3.63) is 46.7 Å². The van der Waals surface area contributed by atoms with E-state index in [2.05, 4.69) is 59.6 Å². The smallest absolute Gasteiger partial charge is 0.214 e. The Balaban J connectivity index is 0.00000392. The van der Waals surface area contributed by atoms with Gasteiger partial charge in [0.1, 0.15) is 11.5 Å². The summed E-state index contributed by atoms with van der Waals surface area (Å²) in [6, 6.07) is 6.29. The fourth-order valence-electron chi connectivity index (χ4n) is 2.52. The van der Waals surface area contributed by atoms with Crippen LogP contribution >= 0.6 is 24.0 Å². The van der Waals surface area contributed by atoms with E-state index in [-0.39, 0.29) is 24.0 Å². The average Bonchev–Trinajstić information content (AvgIpc) is 2.94. The van der Waals surface area contributed by atoms with Crippen molar-refractivity contribution in [1.29, 1.82) is 0 Å². The van der Waals surface area contributed by atoms with E-state index in [4.69, 9.17) is 9.15 Å². The van der Waals surface area contributed by atoms with Crippen molar-refractivity contribution in [2.24, 2.45) is 10.9 Å². The zero-order valence-electron chi connectivity index (χ0n) is 17.8. The van der Waals surface area contributed by atoms with Gasteiger partial charge >= 0.3 is 0 Å². The predicted octanol–water partition coefficient (Wildman–Crippen LogP) is 4.51. The monoisotopic (exact) mass is 500 g/mol. The fourth-order valence-corrected chi connectivity index (χ4v) is 2.52. The van der Waals surface area contributed by atoms with E-state index in [1.54, 1.807) is 7.05 Å². The second-order valence-electron chi connectivity index (χ2n) is 7.17. The number of aryl methyl sites for hydroxylation is 3. The third-order valence-electron chi connectivity index (χ3n) is 4.33. The second kappa shape index (κ2) is 11.9. The van der Waals surface area contributed by atoms with Gasteiger partial charge in [0.15, 0.2) is 5.96 Å². The predicted molar refractivity (Wildman–Crippen MR) is 125 cm³/mol. The van der Waals surface area contributed by atoms with E-state index in [0.29, 0.717) is 30.9 Å². The Bertz CT molecular complexity index is 752.